The van der Waals surface area contributed by atoms with Gasteiger partial charge in [-0.25, -0.2) is 9.59 Å². The van der Waals surface area contributed by atoms with Gasteiger partial charge in [-0.2, -0.15) is 0 Å². The van der Waals surface area contributed by atoms with Crippen molar-refractivity contribution in [2.75, 3.05) is 14.2 Å². The van der Waals surface area contributed by atoms with Crippen LogP contribution in [0, 0.1) is 12.8 Å². The Balaban J connectivity index is 2.26. The zero-order valence-corrected chi connectivity index (χ0v) is 15.9. The number of aryl methyl sites for hydroxylation is 1. The summed E-state index contributed by atoms with van der Waals surface area (Å²) in [6.45, 7) is 2.07. The summed E-state index contributed by atoms with van der Waals surface area (Å²) < 4.78 is 9.69. The van der Waals surface area contributed by atoms with E-state index in [-0.39, 0.29) is 11.5 Å². The molecule has 1 aliphatic carbocycles. The van der Waals surface area contributed by atoms with E-state index in [9.17, 15) is 9.59 Å². The molecular formula is C22H28O4. The van der Waals surface area contributed by atoms with E-state index in [1.54, 1.807) is 0 Å². The van der Waals surface area contributed by atoms with Gasteiger partial charge >= 0.3 is 11.9 Å². The van der Waals surface area contributed by atoms with Crippen molar-refractivity contribution in [1.29, 1.82) is 0 Å². The molecule has 26 heavy (non-hydrogen) atoms. The third-order valence-electron chi connectivity index (χ3n) is 4.90. The molecule has 4 heteroatoms. The highest BCUT2D eigenvalue weighted by Crippen LogP contribution is 2.34. The predicted molar refractivity (Wildman–Crippen MR) is 102 cm³/mol. The summed E-state index contributed by atoms with van der Waals surface area (Å²) >= 11 is 0. The first-order valence-corrected chi connectivity index (χ1v) is 9.19. The van der Waals surface area contributed by atoms with Gasteiger partial charge in [0.25, 0.3) is 0 Å². The Kier molecular flexibility index (Phi) is 7.64. The molecule has 1 fully saturated rings. The predicted octanol–water partition coefficient (Wildman–Crippen LogP) is 4.62. The van der Waals surface area contributed by atoms with Crippen molar-refractivity contribution in [3.8, 4) is 0 Å². The van der Waals surface area contributed by atoms with Gasteiger partial charge in [0.1, 0.15) is 5.57 Å². The zero-order chi connectivity index (χ0) is 18.9. The minimum Gasteiger partial charge on any atom is -0.465 e. The van der Waals surface area contributed by atoms with Crippen LogP contribution in [0.2, 0.25) is 0 Å². The summed E-state index contributed by atoms with van der Waals surface area (Å²) in [6, 6.07) is 8.35. The second kappa shape index (κ2) is 9.95. The lowest BCUT2D eigenvalue weighted by Gasteiger charge is -2.19. The number of carbonyl (C=O) groups excluding carboxylic acids is 2. The van der Waals surface area contributed by atoms with Gasteiger partial charge in [-0.15, -0.1) is 0 Å². The van der Waals surface area contributed by atoms with Gasteiger partial charge < -0.3 is 9.47 Å². The van der Waals surface area contributed by atoms with Crippen molar-refractivity contribution in [3.05, 3.63) is 52.6 Å². The molecule has 1 aromatic carbocycles. The SMILES string of the molecule is COC(=O)C(C(=O)OC)=C1CCCCC[C@H]1C/C=C/c1ccc(C)cc1. The minimum atomic E-state index is -0.596. The number of esters is 2. The Morgan fingerprint density at radius 2 is 1.69 bits per heavy atom. The van der Waals surface area contributed by atoms with Crippen LogP contribution in [0.3, 0.4) is 0 Å². The van der Waals surface area contributed by atoms with Gasteiger partial charge in [0.15, 0.2) is 0 Å². The maximum atomic E-state index is 12.2. The Labute approximate surface area is 155 Å². The zero-order valence-electron chi connectivity index (χ0n) is 15.9. The average Bonchev–Trinajstić information content (AvgIpc) is 2.89. The van der Waals surface area contributed by atoms with Crippen molar-refractivity contribution in [2.24, 2.45) is 5.92 Å². The van der Waals surface area contributed by atoms with Crippen molar-refractivity contribution in [2.45, 2.75) is 45.4 Å². The number of rotatable bonds is 5. The second-order valence-corrected chi connectivity index (χ2v) is 6.73. The quantitative estimate of drug-likeness (QED) is 0.254. The summed E-state index contributed by atoms with van der Waals surface area (Å²) in [5, 5.41) is 0. The summed E-state index contributed by atoms with van der Waals surface area (Å²) in [4.78, 5) is 24.4. The van der Waals surface area contributed by atoms with E-state index in [0.717, 1.165) is 49.7 Å². The molecule has 1 atom stereocenters. The van der Waals surface area contributed by atoms with Gasteiger partial charge in [-0.1, -0.05) is 54.8 Å². The van der Waals surface area contributed by atoms with Crippen LogP contribution in [0.25, 0.3) is 6.08 Å². The van der Waals surface area contributed by atoms with Crippen LogP contribution < -0.4 is 0 Å². The molecule has 0 bridgehead atoms. The van der Waals surface area contributed by atoms with E-state index >= 15 is 0 Å². The van der Waals surface area contributed by atoms with Crippen LogP contribution in [0.5, 0.6) is 0 Å². The van der Waals surface area contributed by atoms with Crippen molar-refractivity contribution < 1.29 is 19.1 Å². The lowest BCUT2D eigenvalue weighted by Crippen LogP contribution is -2.21. The van der Waals surface area contributed by atoms with Gasteiger partial charge in [0.05, 0.1) is 14.2 Å². The molecule has 0 N–H and O–H groups in total. The van der Waals surface area contributed by atoms with E-state index in [1.807, 2.05) is 0 Å². The molecule has 0 heterocycles. The largest absolute Gasteiger partial charge is 0.465 e. The third kappa shape index (κ3) is 5.32. The summed E-state index contributed by atoms with van der Waals surface area (Å²) in [5.41, 5.74) is 3.35. The first-order chi connectivity index (χ1) is 12.6. The molecule has 0 aliphatic heterocycles. The van der Waals surface area contributed by atoms with E-state index in [0.29, 0.717) is 0 Å². The van der Waals surface area contributed by atoms with Crippen molar-refractivity contribution in [1.82, 2.24) is 0 Å². The Morgan fingerprint density at radius 1 is 1.04 bits per heavy atom. The van der Waals surface area contributed by atoms with E-state index < -0.39 is 11.9 Å². The Bertz CT molecular complexity index is 665. The number of benzene rings is 1. The topological polar surface area (TPSA) is 52.6 Å². The second-order valence-electron chi connectivity index (χ2n) is 6.73. The monoisotopic (exact) mass is 356 g/mol. The molecule has 0 saturated heterocycles. The van der Waals surface area contributed by atoms with Crippen LogP contribution in [0.15, 0.2) is 41.5 Å². The van der Waals surface area contributed by atoms with Gasteiger partial charge in [0.2, 0.25) is 0 Å². The summed E-state index contributed by atoms with van der Waals surface area (Å²) in [7, 11) is 2.60. The summed E-state index contributed by atoms with van der Waals surface area (Å²) in [5.74, 6) is -1.03. The van der Waals surface area contributed by atoms with Crippen LogP contribution in [0.4, 0.5) is 0 Å². The molecule has 0 spiro atoms. The van der Waals surface area contributed by atoms with Crippen LogP contribution in [-0.4, -0.2) is 26.2 Å². The lowest BCUT2D eigenvalue weighted by molar-refractivity contribution is -0.144. The number of methoxy groups -OCH3 is 2. The molecule has 0 aromatic heterocycles. The molecule has 0 amide bonds. The number of hydrogen-bond donors (Lipinski definition) is 0. The van der Waals surface area contributed by atoms with E-state index in [2.05, 4.69) is 43.3 Å². The Hall–Kier alpha value is -2.36. The highest BCUT2D eigenvalue weighted by molar-refractivity contribution is 6.14. The number of ether oxygens (including phenoxy) is 2. The molecule has 0 radical (unpaired) electrons. The van der Waals surface area contributed by atoms with Crippen LogP contribution >= 0.6 is 0 Å². The molecule has 2 rings (SSSR count). The molecule has 1 aliphatic rings. The maximum Gasteiger partial charge on any atom is 0.345 e. The molecule has 1 saturated carbocycles. The molecule has 140 valence electrons. The maximum absolute atomic E-state index is 12.2. The number of allylic oxidation sites excluding steroid dienone is 2. The fraction of sp³-hybridized carbons (Fsp3) is 0.455. The van der Waals surface area contributed by atoms with Crippen molar-refractivity contribution >= 4 is 18.0 Å². The molecular weight excluding hydrogens is 328 g/mol. The van der Waals surface area contributed by atoms with Gasteiger partial charge in [-0.05, 0) is 49.7 Å². The van der Waals surface area contributed by atoms with E-state index in [1.165, 1.54) is 19.8 Å². The third-order valence-corrected chi connectivity index (χ3v) is 4.90. The lowest BCUT2D eigenvalue weighted by atomic mass is 9.87. The van der Waals surface area contributed by atoms with Crippen molar-refractivity contribution in [3.63, 3.8) is 0 Å². The normalized spacial score (nSPS) is 17.7. The highest BCUT2D eigenvalue weighted by Gasteiger charge is 2.29. The first kappa shape index (κ1) is 20.0. The molecule has 0 unspecified atom stereocenters. The fourth-order valence-electron chi connectivity index (χ4n) is 3.45. The Morgan fingerprint density at radius 3 is 2.31 bits per heavy atom. The average molecular weight is 356 g/mol. The summed E-state index contributed by atoms with van der Waals surface area (Å²) in [6.07, 6.45) is 9.91. The standard InChI is InChI=1S/C22H28O4/c1-16-12-14-17(15-13-16)8-7-10-18-9-5-4-6-11-19(18)20(21(23)25-2)22(24)26-3/h7-8,12-15,18H,4-6,9-11H2,1-3H3/b8-7+/t18-/m0/s1. The van der Waals surface area contributed by atoms with E-state index in [4.69, 9.17) is 9.47 Å². The van der Waals surface area contributed by atoms with Gasteiger partial charge in [0, 0.05) is 0 Å². The first-order valence-electron chi connectivity index (χ1n) is 9.19. The van der Waals surface area contributed by atoms with Crippen LogP contribution in [0.1, 0.15) is 49.7 Å². The number of hydrogen-bond acceptors (Lipinski definition) is 4. The van der Waals surface area contributed by atoms with Crippen LogP contribution in [-0.2, 0) is 19.1 Å². The smallest absolute Gasteiger partial charge is 0.345 e. The van der Waals surface area contributed by atoms with Gasteiger partial charge in [-0.3, -0.25) is 0 Å². The fourth-order valence-corrected chi connectivity index (χ4v) is 3.45. The molecule has 4 nitrogen and oxygen atoms in total. The minimum absolute atomic E-state index is 0.0886. The number of carbonyl (C=O) groups is 2. The molecule has 1 aromatic rings. The highest BCUT2D eigenvalue weighted by atomic mass is 16.5.